The van der Waals surface area contributed by atoms with Gasteiger partial charge in [-0.15, -0.1) is 0 Å². The van der Waals surface area contributed by atoms with Crippen LogP contribution in [0.25, 0.3) is 0 Å². The van der Waals surface area contributed by atoms with Crippen molar-refractivity contribution < 1.29 is 28.5 Å². The second kappa shape index (κ2) is 18.2. The van der Waals surface area contributed by atoms with Gasteiger partial charge in [0.1, 0.15) is 6.10 Å². The predicted molar refractivity (Wildman–Crippen MR) is 180 cm³/mol. The number of hydrogen-bond donors (Lipinski definition) is 0. The number of allylic oxidation sites excluding steroid dienone is 1. The van der Waals surface area contributed by atoms with Crippen molar-refractivity contribution in [1.82, 2.24) is 0 Å². The Bertz CT molecular complexity index is 928. The lowest BCUT2D eigenvalue weighted by Crippen LogP contribution is -2.48. The van der Waals surface area contributed by atoms with Crippen molar-refractivity contribution in [2.45, 2.75) is 132 Å². The van der Waals surface area contributed by atoms with Gasteiger partial charge in [0.05, 0.1) is 30.3 Å². The standard InChI is InChI=1S/C38H68O6/c1-22-15-16-24(3)32(19-22)29(8)36(42-13)27(6)18-23(2)17-26(5)35(41-12)28(7)20-25(4)33(40-11)21-34-30(9)37(43-14)31(10)38(39)44-34/h17,20,22,24,26-37H,15-16,18-19,21H2,1-14H3/b23-17+,25-20+. The molecular weight excluding hydrogens is 552 g/mol. The van der Waals surface area contributed by atoms with Gasteiger partial charge in [0, 0.05) is 52.6 Å². The summed E-state index contributed by atoms with van der Waals surface area (Å²) in [6.45, 7) is 22.4. The molecule has 0 N–H and O–H groups in total. The van der Waals surface area contributed by atoms with Gasteiger partial charge in [-0.25, -0.2) is 0 Å². The summed E-state index contributed by atoms with van der Waals surface area (Å²) in [5.74, 6) is 3.37. The summed E-state index contributed by atoms with van der Waals surface area (Å²) in [5, 5.41) is 0. The smallest absolute Gasteiger partial charge is 0.311 e. The Morgan fingerprint density at radius 1 is 0.886 bits per heavy atom. The first-order valence-electron chi connectivity index (χ1n) is 17.4. The minimum atomic E-state index is -0.263. The number of hydrogen-bond acceptors (Lipinski definition) is 6. The summed E-state index contributed by atoms with van der Waals surface area (Å²) in [6.07, 6.45) is 10.0. The Morgan fingerprint density at radius 2 is 1.50 bits per heavy atom. The minimum absolute atomic E-state index is 0.0274. The van der Waals surface area contributed by atoms with Crippen molar-refractivity contribution in [2.24, 2.45) is 53.3 Å². The maximum absolute atomic E-state index is 12.5. The lowest BCUT2D eigenvalue weighted by atomic mass is 9.67. The van der Waals surface area contributed by atoms with Gasteiger partial charge in [0.25, 0.3) is 0 Å². The molecule has 0 aromatic heterocycles. The first-order valence-corrected chi connectivity index (χ1v) is 17.4. The molecule has 2 rings (SSSR count). The third-order valence-electron chi connectivity index (χ3n) is 11.3. The lowest BCUT2D eigenvalue weighted by molar-refractivity contribution is -0.182. The molecule has 256 valence electrons. The average Bonchev–Trinajstić information content (AvgIpc) is 2.96. The molecule has 2 aliphatic rings. The Kier molecular flexibility index (Phi) is 16.1. The van der Waals surface area contributed by atoms with Gasteiger partial charge in [-0.3, -0.25) is 4.79 Å². The van der Waals surface area contributed by atoms with Crippen LogP contribution in [0.1, 0.15) is 101 Å². The molecule has 14 atom stereocenters. The van der Waals surface area contributed by atoms with Gasteiger partial charge in [0.15, 0.2) is 0 Å². The number of methoxy groups -OCH3 is 4. The molecule has 6 nitrogen and oxygen atoms in total. The van der Waals surface area contributed by atoms with E-state index in [1.54, 1.807) is 14.2 Å². The third-order valence-corrected chi connectivity index (χ3v) is 11.3. The molecule has 0 aromatic rings. The second-order valence-electron chi connectivity index (χ2n) is 14.9. The highest BCUT2D eigenvalue weighted by atomic mass is 16.6. The molecule has 44 heavy (non-hydrogen) atoms. The molecular formula is C38H68O6. The van der Waals surface area contributed by atoms with Gasteiger partial charge in [-0.05, 0) is 68.8 Å². The fourth-order valence-corrected chi connectivity index (χ4v) is 8.80. The van der Waals surface area contributed by atoms with Crippen LogP contribution in [0, 0.1) is 53.3 Å². The zero-order valence-corrected chi connectivity index (χ0v) is 30.7. The Morgan fingerprint density at radius 3 is 2.07 bits per heavy atom. The zero-order valence-electron chi connectivity index (χ0n) is 30.7. The first kappa shape index (κ1) is 39.0. The van der Waals surface area contributed by atoms with Crippen LogP contribution >= 0.6 is 0 Å². The van der Waals surface area contributed by atoms with Crippen LogP contribution < -0.4 is 0 Å². The largest absolute Gasteiger partial charge is 0.462 e. The van der Waals surface area contributed by atoms with E-state index < -0.39 is 0 Å². The third kappa shape index (κ3) is 10.1. The number of carbonyl (C=O) groups is 1. The maximum Gasteiger partial charge on any atom is 0.311 e. The van der Waals surface area contributed by atoms with Crippen molar-refractivity contribution in [2.75, 3.05) is 28.4 Å². The molecule has 0 radical (unpaired) electrons. The normalized spacial score (nSPS) is 33.6. The van der Waals surface area contributed by atoms with E-state index in [1.165, 1.54) is 24.8 Å². The SMILES string of the molecule is COC(CC1OC(=O)C(C)C(OC)C1C)/C(C)=C/C(C)C(OC)C(C)/C=C(\C)CC(C)C(OC)C(C)C1CC(C)CCC1C. The van der Waals surface area contributed by atoms with Gasteiger partial charge in [-0.1, -0.05) is 79.0 Å². The molecule has 1 saturated heterocycles. The Hall–Kier alpha value is -1.21. The van der Waals surface area contributed by atoms with Crippen LogP contribution in [-0.2, 0) is 28.5 Å². The summed E-state index contributed by atoms with van der Waals surface area (Å²) >= 11 is 0. The number of rotatable bonds is 16. The molecule has 0 amide bonds. The van der Waals surface area contributed by atoms with Crippen LogP contribution in [0.2, 0.25) is 0 Å². The molecule has 14 unspecified atom stereocenters. The fraction of sp³-hybridized carbons (Fsp3) is 0.868. The molecule has 1 heterocycles. The maximum atomic E-state index is 12.5. The molecule has 1 saturated carbocycles. The summed E-state index contributed by atoms with van der Waals surface area (Å²) in [7, 11) is 7.11. The number of cyclic esters (lactones) is 1. The summed E-state index contributed by atoms with van der Waals surface area (Å²) in [5.41, 5.74) is 2.52. The predicted octanol–water partition coefficient (Wildman–Crippen LogP) is 8.53. The molecule has 0 bridgehead atoms. The monoisotopic (exact) mass is 621 g/mol. The molecule has 0 spiro atoms. The van der Waals surface area contributed by atoms with E-state index in [9.17, 15) is 4.79 Å². The first-order chi connectivity index (χ1) is 20.7. The van der Waals surface area contributed by atoms with Crippen molar-refractivity contribution in [3.8, 4) is 0 Å². The van der Waals surface area contributed by atoms with Crippen LogP contribution in [0.3, 0.4) is 0 Å². The quantitative estimate of drug-likeness (QED) is 0.127. The zero-order chi connectivity index (χ0) is 33.3. The topological polar surface area (TPSA) is 63.2 Å². The summed E-state index contributed by atoms with van der Waals surface area (Å²) < 4.78 is 29.7. The van der Waals surface area contributed by atoms with Gasteiger partial charge >= 0.3 is 5.97 Å². The van der Waals surface area contributed by atoms with E-state index in [4.69, 9.17) is 23.7 Å². The Labute approximate surface area is 271 Å². The number of ether oxygens (including phenoxy) is 5. The van der Waals surface area contributed by atoms with Gasteiger partial charge < -0.3 is 23.7 Å². The van der Waals surface area contributed by atoms with Crippen molar-refractivity contribution in [3.05, 3.63) is 23.3 Å². The van der Waals surface area contributed by atoms with E-state index in [0.717, 1.165) is 29.7 Å². The van der Waals surface area contributed by atoms with E-state index in [-0.39, 0.29) is 60.2 Å². The summed E-state index contributed by atoms with van der Waals surface area (Å²) in [4.78, 5) is 12.5. The minimum Gasteiger partial charge on any atom is -0.462 e. The van der Waals surface area contributed by atoms with E-state index in [0.29, 0.717) is 18.3 Å². The van der Waals surface area contributed by atoms with E-state index >= 15 is 0 Å². The summed E-state index contributed by atoms with van der Waals surface area (Å²) in [6, 6.07) is 0. The molecule has 1 aliphatic carbocycles. The van der Waals surface area contributed by atoms with Gasteiger partial charge in [-0.2, -0.15) is 0 Å². The highest BCUT2D eigenvalue weighted by Crippen LogP contribution is 2.41. The molecule has 1 aliphatic heterocycles. The fourth-order valence-electron chi connectivity index (χ4n) is 8.80. The van der Waals surface area contributed by atoms with Crippen LogP contribution in [0.5, 0.6) is 0 Å². The van der Waals surface area contributed by atoms with Crippen molar-refractivity contribution >= 4 is 5.97 Å². The van der Waals surface area contributed by atoms with E-state index in [1.807, 2.05) is 21.1 Å². The second-order valence-corrected chi connectivity index (χ2v) is 14.9. The average molecular weight is 621 g/mol. The van der Waals surface area contributed by atoms with Crippen LogP contribution in [-0.4, -0.2) is 64.9 Å². The van der Waals surface area contributed by atoms with Gasteiger partial charge in [0.2, 0.25) is 0 Å². The van der Waals surface area contributed by atoms with Crippen LogP contribution in [0.15, 0.2) is 23.3 Å². The number of carbonyl (C=O) groups excluding carboxylic acids is 1. The van der Waals surface area contributed by atoms with Crippen LogP contribution in [0.4, 0.5) is 0 Å². The number of esters is 1. The van der Waals surface area contributed by atoms with Crippen molar-refractivity contribution in [1.29, 1.82) is 0 Å². The van der Waals surface area contributed by atoms with E-state index in [2.05, 4.69) is 74.5 Å². The molecule has 6 heteroatoms. The Balaban J connectivity index is 2.07. The highest BCUT2D eigenvalue weighted by Gasteiger charge is 2.42. The molecule has 2 fully saturated rings. The van der Waals surface area contributed by atoms with Crippen molar-refractivity contribution in [3.63, 3.8) is 0 Å². The highest BCUT2D eigenvalue weighted by molar-refractivity contribution is 5.73. The molecule has 0 aromatic carbocycles. The lowest BCUT2D eigenvalue weighted by Gasteiger charge is -2.41.